The molecule has 0 saturated heterocycles. The highest BCUT2D eigenvalue weighted by atomic mass is 16.5. The van der Waals surface area contributed by atoms with E-state index >= 15 is 0 Å². The molecule has 0 aliphatic carbocycles. The summed E-state index contributed by atoms with van der Waals surface area (Å²) in [6.07, 6.45) is 14.7. The predicted octanol–water partition coefficient (Wildman–Crippen LogP) is 6.44. The minimum Gasteiger partial charge on any atom is -0.494 e. The summed E-state index contributed by atoms with van der Waals surface area (Å²) >= 11 is 0. The van der Waals surface area contributed by atoms with Crippen LogP contribution in [-0.2, 0) is 20.8 Å². The zero-order valence-electron chi connectivity index (χ0n) is 29.3. The van der Waals surface area contributed by atoms with Crippen molar-refractivity contribution in [1.29, 1.82) is 0 Å². The number of carbonyl (C=O) groups is 3. The van der Waals surface area contributed by atoms with E-state index < -0.39 is 6.17 Å². The third-order valence-corrected chi connectivity index (χ3v) is 7.97. The van der Waals surface area contributed by atoms with E-state index in [4.69, 9.17) is 4.74 Å². The number of carbonyl (C=O) groups excluding carboxylic acids is 3. The minimum atomic E-state index is -0.914. The van der Waals surface area contributed by atoms with Gasteiger partial charge in [-0.2, -0.15) is 0 Å². The fourth-order valence-electron chi connectivity index (χ4n) is 5.20. The van der Waals surface area contributed by atoms with E-state index in [1.165, 1.54) is 57.8 Å². The van der Waals surface area contributed by atoms with Crippen molar-refractivity contribution in [2.45, 2.75) is 109 Å². The average molecular weight is 652 g/mol. The Hall–Kier alpha value is -3.59. The first-order valence-electron chi connectivity index (χ1n) is 17.9. The summed E-state index contributed by atoms with van der Waals surface area (Å²) in [5, 5.41) is 12.0. The number of nitrogens with zero attached hydrogens (tertiary/aromatic N) is 1. The van der Waals surface area contributed by atoms with Gasteiger partial charge in [-0.1, -0.05) is 95.0 Å². The molecule has 2 rings (SSSR count). The number of unbranched alkanes of at least 4 members (excludes halogenated alkanes) is 9. The largest absolute Gasteiger partial charge is 0.494 e. The molecule has 262 valence electrons. The van der Waals surface area contributed by atoms with Crippen molar-refractivity contribution in [2.24, 2.45) is 0 Å². The van der Waals surface area contributed by atoms with Crippen LogP contribution in [0.3, 0.4) is 0 Å². The zero-order valence-corrected chi connectivity index (χ0v) is 29.3. The number of nitrogens with one attached hydrogen (secondary N) is 4. The normalized spacial score (nSPS) is 11.6. The van der Waals surface area contributed by atoms with Crippen molar-refractivity contribution >= 4 is 23.4 Å². The molecule has 9 heteroatoms. The molecule has 3 amide bonds. The Morgan fingerprint density at radius 2 is 1.34 bits per heavy atom. The molecule has 0 heterocycles. The van der Waals surface area contributed by atoms with Gasteiger partial charge >= 0.3 is 0 Å². The van der Waals surface area contributed by atoms with Crippen LogP contribution in [0.25, 0.3) is 0 Å². The highest BCUT2D eigenvalue weighted by molar-refractivity contribution is 5.89. The molecule has 2 aromatic rings. The molecule has 0 spiro atoms. The van der Waals surface area contributed by atoms with Crippen LogP contribution < -0.4 is 26.0 Å². The molecule has 0 aliphatic heterocycles. The SMILES string of the molecule is CCCCCCCCCCCCNC(=O)CCCOc1ccc(NC(NC(=O)CCCN(C)C)C(=O)NCCc2ccccc2)cc1. The lowest BCUT2D eigenvalue weighted by atomic mass is 10.1. The van der Waals surface area contributed by atoms with Crippen molar-refractivity contribution in [1.82, 2.24) is 20.9 Å². The second kappa shape index (κ2) is 25.5. The van der Waals surface area contributed by atoms with E-state index in [9.17, 15) is 14.4 Å². The molecule has 0 aromatic heterocycles. The highest BCUT2D eigenvalue weighted by Gasteiger charge is 2.20. The van der Waals surface area contributed by atoms with E-state index in [0.717, 1.165) is 25.1 Å². The van der Waals surface area contributed by atoms with Gasteiger partial charge in [0, 0.05) is 31.6 Å². The molecular weight excluding hydrogens is 590 g/mol. The second-order valence-corrected chi connectivity index (χ2v) is 12.6. The van der Waals surface area contributed by atoms with Gasteiger partial charge in [0.1, 0.15) is 5.75 Å². The second-order valence-electron chi connectivity index (χ2n) is 12.6. The molecule has 0 saturated carbocycles. The monoisotopic (exact) mass is 651 g/mol. The summed E-state index contributed by atoms with van der Waals surface area (Å²) in [6, 6.07) is 17.2. The van der Waals surface area contributed by atoms with E-state index in [0.29, 0.717) is 56.7 Å². The first-order chi connectivity index (χ1) is 22.9. The lowest BCUT2D eigenvalue weighted by Gasteiger charge is -2.21. The van der Waals surface area contributed by atoms with Crippen LogP contribution in [0.4, 0.5) is 5.69 Å². The van der Waals surface area contributed by atoms with Crippen molar-refractivity contribution in [3.05, 3.63) is 60.2 Å². The van der Waals surface area contributed by atoms with Gasteiger partial charge in [0.25, 0.3) is 5.91 Å². The van der Waals surface area contributed by atoms with Crippen LogP contribution in [0.2, 0.25) is 0 Å². The maximum atomic E-state index is 13.1. The van der Waals surface area contributed by atoms with Gasteiger partial charge in [0.05, 0.1) is 6.61 Å². The molecule has 1 atom stereocenters. The predicted molar refractivity (Wildman–Crippen MR) is 193 cm³/mol. The first-order valence-corrected chi connectivity index (χ1v) is 17.9. The summed E-state index contributed by atoms with van der Waals surface area (Å²) in [7, 11) is 3.93. The third kappa shape index (κ3) is 20.3. The molecule has 4 N–H and O–H groups in total. The molecule has 47 heavy (non-hydrogen) atoms. The maximum Gasteiger partial charge on any atom is 0.263 e. The Labute approximate surface area is 284 Å². The number of amides is 3. The smallest absolute Gasteiger partial charge is 0.263 e. The van der Waals surface area contributed by atoms with Crippen molar-refractivity contribution in [2.75, 3.05) is 45.7 Å². The van der Waals surface area contributed by atoms with Gasteiger partial charge < -0.3 is 30.9 Å². The molecule has 1 unspecified atom stereocenters. The van der Waals surface area contributed by atoms with Crippen LogP contribution in [-0.4, -0.2) is 69.1 Å². The fourth-order valence-corrected chi connectivity index (χ4v) is 5.20. The van der Waals surface area contributed by atoms with Crippen molar-refractivity contribution < 1.29 is 19.1 Å². The Bertz CT molecular complexity index is 1110. The van der Waals surface area contributed by atoms with Crippen LogP contribution in [0.1, 0.15) is 102 Å². The van der Waals surface area contributed by atoms with E-state index in [2.05, 4.69) is 28.2 Å². The number of benzene rings is 2. The topological polar surface area (TPSA) is 112 Å². The number of hydrogen-bond acceptors (Lipinski definition) is 6. The lowest BCUT2D eigenvalue weighted by Crippen LogP contribution is -2.51. The van der Waals surface area contributed by atoms with Gasteiger partial charge in [-0.25, -0.2) is 0 Å². The molecular formula is C38H61N5O4. The van der Waals surface area contributed by atoms with Crippen LogP contribution in [0.5, 0.6) is 5.75 Å². The lowest BCUT2D eigenvalue weighted by molar-refractivity contribution is -0.128. The third-order valence-electron chi connectivity index (χ3n) is 7.97. The fraction of sp³-hybridized carbons (Fsp3) is 0.605. The van der Waals surface area contributed by atoms with Crippen molar-refractivity contribution in [3.8, 4) is 5.75 Å². The minimum absolute atomic E-state index is 0.0703. The molecule has 0 bridgehead atoms. The Morgan fingerprint density at radius 1 is 0.702 bits per heavy atom. The first kappa shape index (κ1) is 39.6. The van der Waals surface area contributed by atoms with Crippen LogP contribution >= 0.6 is 0 Å². The molecule has 0 fully saturated rings. The number of ether oxygens (including phenoxy) is 1. The van der Waals surface area contributed by atoms with Crippen molar-refractivity contribution in [3.63, 3.8) is 0 Å². The summed E-state index contributed by atoms with van der Waals surface area (Å²) in [5.74, 6) is 0.266. The standard InChI is InChI=1S/C38H61N5O4/c1-4-5-6-7-8-9-10-11-12-16-28-39-35(44)22-18-31-47-34-25-23-33(24-26-34)41-37(42-36(45)21-17-30-43(2)3)38(46)40-29-27-32-19-14-13-15-20-32/h13-15,19-20,23-26,37,41H,4-12,16-18,21-22,27-31H2,1-3H3,(H,39,44)(H,40,46)(H,42,45). The van der Waals surface area contributed by atoms with Gasteiger partial charge in [-0.05, 0) is 76.2 Å². The highest BCUT2D eigenvalue weighted by Crippen LogP contribution is 2.17. The van der Waals surface area contributed by atoms with E-state index in [-0.39, 0.29) is 17.7 Å². The van der Waals surface area contributed by atoms with Gasteiger partial charge in [0.2, 0.25) is 11.8 Å². The van der Waals surface area contributed by atoms with Crippen LogP contribution in [0, 0.1) is 0 Å². The number of anilines is 1. The molecule has 0 radical (unpaired) electrons. The summed E-state index contributed by atoms with van der Waals surface area (Å²) < 4.78 is 5.84. The Morgan fingerprint density at radius 3 is 2.00 bits per heavy atom. The summed E-state index contributed by atoms with van der Waals surface area (Å²) in [4.78, 5) is 39.9. The van der Waals surface area contributed by atoms with Gasteiger partial charge in [0.15, 0.2) is 6.17 Å². The molecule has 2 aromatic carbocycles. The van der Waals surface area contributed by atoms with Gasteiger partial charge in [-0.3, -0.25) is 14.4 Å². The average Bonchev–Trinajstić information content (AvgIpc) is 3.06. The molecule has 0 aliphatic rings. The summed E-state index contributed by atoms with van der Waals surface area (Å²) in [5.41, 5.74) is 1.81. The number of hydrogen-bond donors (Lipinski definition) is 4. The quantitative estimate of drug-likeness (QED) is 0.0654. The Kier molecular flexibility index (Phi) is 21.5. The van der Waals surface area contributed by atoms with Crippen LogP contribution in [0.15, 0.2) is 54.6 Å². The summed E-state index contributed by atoms with van der Waals surface area (Å²) in [6.45, 7) is 4.68. The zero-order chi connectivity index (χ0) is 34.0. The molecule has 9 nitrogen and oxygen atoms in total. The Balaban J connectivity index is 1.68. The number of rotatable bonds is 27. The van der Waals surface area contributed by atoms with E-state index in [1.54, 1.807) is 0 Å². The van der Waals surface area contributed by atoms with Gasteiger partial charge in [-0.15, -0.1) is 0 Å². The van der Waals surface area contributed by atoms with E-state index in [1.807, 2.05) is 73.6 Å². The maximum absolute atomic E-state index is 13.1.